The molecule has 0 bridgehead atoms. The van der Waals surface area contributed by atoms with Crippen molar-refractivity contribution in [2.24, 2.45) is 10.9 Å². The van der Waals surface area contributed by atoms with E-state index in [9.17, 15) is 4.39 Å². The minimum absolute atomic E-state index is 0.292. The second-order valence-corrected chi connectivity index (χ2v) is 2.19. The van der Waals surface area contributed by atoms with Gasteiger partial charge in [0.05, 0.1) is 5.71 Å². The lowest BCUT2D eigenvalue weighted by Gasteiger charge is -1.98. The summed E-state index contributed by atoms with van der Waals surface area (Å²) in [4.78, 5) is 0. The Morgan fingerprint density at radius 1 is 1.45 bits per heavy atom. The third-order valence-electron chi connectivity index (χ3n) is 1.46. The minimum Gasteiger partial charge on any atom is -0.323 e. The standard InChI is InChI=1S/C8H9FN2/c1-6(11-10)7-4-2-3-5-8(7)9/h2-5H,10H2,1H3/b11-6+. The lowest BCUT2D eigenvalue weighted by Crippen LogP contribution is -2.01. The highest BCUT2D eigenvalue weighted by Crippen LogP contribution is 2.06. The first-order valence-electron chi connectivity index (χ1n) is 3.25. The predicted molar refractivity (Wildman–Crippen MR) is 42.8 cm³/mol. The number of hydrazone groups is 1. The van der Waals surface area contributed by atoms with Gasteiger partial charge in [-0.25, -0.2) is 4.39 Å². The summed E-state index contributed by atoms with van der Waals surface area (Å²) in [5.74, 6) is 4.70. The number of benzene rings is 1. The molecule has 3 heteroatoms. The number of hydrogen-bond donors (Lipinski definition) is 1. The molecule has 0 aliphatic carbocycles. The van der Waals surface area contributed by atoms with Gasteiger partial charge in [0.2, 0.25) is 0 Å². The molecule has 1 aromatic rings. The predicted octanol–water partition coefficient (Wildman–Crippen LogP) is 1.51. The molecular formula is C8H9FN2. The van der Waals surface area contributed by atoms with E-state index >= 15 is 0 Å². The quantitative estimate of drug-likeness (QED) is 0.369. The summed E-state index contributed by atoms with van der Waals surface area (Å²) in [6.07, 6.45) is 0. The molecule has 0 aliphatic rings. The molecule has 0 amide bonds. The topological polar surface area (TPSA) is 38.4 Å². The Bertz CT molecular complexity index is 281. The van der Waals surface area contributed by atoms with Crippen LogP contribution in [0.2, 0.25) is 0 Å². The van der Waals surface area contributed by atoms with E-state index in [2.05, 4.69) is 5.10 Å². The van der Waals surface area contributed by atoms with Crippen LogP contribution in [0, 0.1) is 5.82 Å². The summed E-state index contributed by atoms with van der Waals surface area (Å²) in [6.45, 7) is 1.67. The van der Waals surface area contributed by atoms with Crippen molar-refractivity contribution in [2.75, 3.05) is 0 Å². The third-order valence-corrected chi connectivity index (χ3v) is 1.46. The minimum atomic E-state index is -0.292. The first-order chi connectivity index (χ1) is 5.25. The Kier molecular flexibility index (Phi) is 2.21. The first kappa shape index (κ1) is 7.72. The zero-order chi connectivity index (χ0) is 8.27. The molecule has 58 valence electrons. The van der Waals surface area contributed by atoms with Crippen molar-refractivity contribution >= 4 is 5.71 Å². The zero-order valence-corrected chi connectivity index (χ0v) is 6.21. The van der Waals surface area contributed by atoms with Gasteiger partial charge in [-0.05, 0) is 13.0 Å². The van der Waals surface area contributed by atoms with E-state index in [-0.39, 0.29) is 5.82 Å². The lowest BCUT2D eigenvalue weighted by atomic mass is 10.1. The summed E-state index contributed by atoms with van der Waals surface area (Å²) in [5, 5.41) is 3.40. The van der Waals surface area contributed by atoms with Crippen LogP contribution in [0.15, 0.2) is 29.4 Å². The van der Waals surface area contributed by atoms with Crippen LogP contribution in [0.1, 0.15) is 12.5 Å². The van der Waals surface area contributed by atoms with Crippen LogP contribution >= 0.6 is 0 Å². The van der Waals surface area contributed by atoms with Crippen molar-refractivity contribution in [1.29, 1.82) is 0 Å². The van der Waals surface area contributed by atoms with Crippen LogP contribution in [0.4, 0.5) is 4.39 Å². The van der Waals surface area contributed by atoms with Crippen molar-refractivity contribution in [3.05, 3.63) is 35.6 Å². The zero-order valence-electron chi connectivity index (χ0n) is 6.21. The van der Waals surface area contributed by atoms with Gasteiger partial charge in [-0.1, -0.05) is 18.2 Å². The number of nitrogens with zero attached hydrogens (tertiary/aromatic N) is 1. The summed E-state index contributed by atoms with van der Waals surface area (Å²) < 4.78 is 12.9. The summed E-state index contributed by atoms with van der Waals surface area (Å²) in [5.41, 5.74) is 0.957. The van der Waals surface area contributed by atoms with Gasteiger partial charge < -0.3 is 5.84 Å². The largest absolute Gasteiger partial charge is 0.323 e. The van der Waals surface area contributed by atoms with Gasteiger partial charge in [0, 0.05) is 5.56 Å². The van der Waals surface area contributed by atoms with Gasteiger partial charge in [-0.15, -0.1) is 0 Å². The molecule has 0 atom stereocenters. The molecule has 0 aromatic heterocycles. The molecule has 1 aromatic carbocycles. The Morgan fingerprint density at radius 3 is 2.64 bits per heavy atom. The number of nitrogens with two attached hydrogens (primary N) is 1. The smallest absolute Gasteiger partial charge is 0.132 e. The van der Waals surface area contributed by atoms with Gasteiger partial charge in [-0.3, -0.25) is 0 Å². The van der Waals surface area contributed by atoms with Crippen molar-refractivity contribution in [2.45, 2.75) is 6.92 Å². The van der Waals surface area contributed by atoms with Gasteiger partial charge in [-0.2, -0.15) is 5.10 Å². The first-order valence-corrected chi connectivity index (χ1v) is 3.25. The normalized spacial score (nSPS) is 11.6. The fourth-order valence-electron chi connectivity index (χ4n) is 0.824. The third kappa shape index (κ3) is 1.55. The fourth-order valence-corrected chi connectivity index (χ4v) is 0.824. The maximum absolute atomic E-state index is 12.9. The number of hydrogen-bond acceptors (Lipinski definition) is 2. The van der Waals surface area contributed by atoms with Crippen molar-refractivity contribution in [3.63, 3.8) is 0 Å². The second-order valence-electron chi connectivity index (χ2n) is 2.19. The molecule has 0 unspecified atom stereocenters. The number of halogens is 1. The molecule has 11 heavy (non-hydrogen) atoms. The van der Waals surface area contributed by atoms with E-state index in [0.29, 0.717) is 11.3 Å². The van der Waals surface area contributed by atoms with E-state index in [1.807, 2.05) is 0 Å². The molecule has 2 N–H and O–H groups in total. The van der Waals surface area contributed by atoms with Crippen LogP contribution < -0.4 is 5.84 Å². The average Bonchev–Trinajstić information content (AvgIpc) is 2.04. The van der Waals surface area contributed by atoms with Gasteiger partial charge in [0.1, 0.15) is 5.82 Å². The van der Waals surface area contributed by atoms with E-state index in [0.717, 1.165) is 0 Å². The Balaban J connectivity index is 3.14. The van der Waals surface area contributed by atoms with Gasteiger partial charge >= 0.3 is 0 Å². The SMILES string of the molecule is C/C(=N\N)c1ccccc1F. The highest BCUT2D eigenvalue weighted by Gasteiger charge is 2.01. The molecule has 0 saturated carbocycles. The lowest BCUT2D eigenvalue weighted by molar-refractivity contribution is 0.625. The molecule has 0 spiro atoms. The highest BCUT2D eigenvalue weighted by molar-refractivity contribution is 5.98. The van der Waals surface area contributed by atoms with E-state index in [1.165, 1.54) is 6.07 Å². The second kappa shape index (κ2) is 3.14. The van der Waals surface area contributed by atoms with Crippen molar-refractivity contribution < 1.29 is 4.39 Å². The summed E-state index contributed by atoms with van der Waals surface area (Å²) >= 11 is 0. The monoisotopic (exact) mass is 152 g/mol. The molecule has 0 fully saturated rings. The maximum Gasteiger partial charge on any atom is 0.132 e. The van der Waals surface area contributed by atoms with Crippen LogP contribution in [0.5, 0.6) is 0 Å². The molecule has 0 saturated heterocycles. The van der Waals surface area contributed by atoms with Crippen LogP contribution in [-0.4, -0.2) is 5.71 Å². The van der Waals surface area contributed by atoms with E-state index in [4.69, 9.17) is 5.84 Å². The molecule has 0 heterocycles. The van der Waals surface area contributed by atoms with Gasteiger partial charge in [0.15, 0.2) is 0 Å². The van der Waals surface area contributed by atoms with Crippen molar-refractivity contribution in [3.8, 4) is 0 Å². The fraction of sp³-hybridized carbons (Fsp3) is 0.125. The van der Waals surface area contributed by atoms with Gasteiger partial charge in [0.25, 0.3) is 0 Å². The van der Waals surface area contributed by atoms with E-state index < -0.39 is 0 Å². The highest BCUT2D eigenvalue weighted by atomic mass is 19.1. The average molecular weight is 152 g/mol. The molecule has 2 nitrogen and oxygen atoms in total. The van der Waals surface area contributed by atoms with Crippen molar-refractivity contribution in [1.82, 2.24) is 0 Å². The Morgan fingerprint density at radius 2 is 2.09 bits per heavy atom. The summed E-state index contributed by atoms with van der Waals surface area (Å²) in [7, 11) is 0. The Hall–Kier alpha value is -1.38. The Labute approximate surface area is 64.5 Å². The molecule has 0 aliphatic heterocycles. The van der Waals surface area contributed by atoms with E-state index in [1.54, 1.807) is 25.1 Å². The van der Waals surface area contributed by atoms with Crippen LogP contribution in [0.3, 0.4) is 0 Å². The van der Waals surface area contributed by atoms with Crippen LogP contribution in [0.25, 0.3) is 0 Å². The van der Waals surface area contributed by atoms with Crippen LogP contribution in [-0.2, 0) is 0 Å². The molecule has 1 rings (SSSR count). The number of rotatable bonds is 1. The maximum atomic E-state index is 12.9. The molecule has 0 radical (unpaired) electrons. The summed E-state index contributed by atoms with van der Waals surface area (Å²) in [6, 6.07) is 6.39. The molecular weight excluding hydrogens is 143 g/mol.